The first-order chi connectivity index (χ1) is 31.4. The number of piperidine rings is 1. The molecule has 338 valence electrons. The van der Waals surface area contributed by atoms with Crippen molar-refractivity contribution >= 4 is 70.0 Å². The van der Waals surface area contributed by atoms with E-state index in [1.54, 1.807) is 59.5 Å². The maximum absolute atomic E-state index is 16.3. The van der Waals surface area contributed by atoms with Gasteiger partial charge in [0, 0.05) is 65.6 Å². The van der Waals surface area contributed by atoms with Crippen LogP contribution in [0.3, 0.4) is 0 Å². The number of benzene rings is 4. The van der Waals surface area contributed by atoms with Gasteiger partial charge in [-0.1, -0.05) is 72.8 Å². The fraction of sp³-hybridized carbons (Fsp3) is 0.388. The summed E-state index contributed by atoms with van der Waals surface area (Å²) in [5.41, 5.74) is 3.25. The second kappa shape index (κ2) is 18.7. The van der Waals surface area contributed by atoms with Gasteiger partial charge in [0.2, 0.25) is 23.6 Å². The fourth-order valence-corrected chi connectivity index (χ4v) is 11.2. The molecule has 5 aliphatic rings. The number of anilines is 2. The normalized spacial score (nSPS) is 23.9. The number of hydrogen-bond acceptors (Lipinski definition) is 8. The molecule has 4 heterocycles. The third-order valence-corrected chi connectivity index (χ3v) is 14.3. The van der Waals surface area contributed by atoms with Crippen molar-refractivity contribution in [1.82, 2.24) is 20.9 Å². The summed E-state index contributed by atoms with van der Waals surface area (Å²) in [5, 5.41) is 15.1. The van der Waals surface area contributed by atoms with Crippen LogP contribution >= 0.6 is 23.2 Å². The molecule has 0 aromatic heterocycles. The molecule has 0 bridgehead atoms. The Morgan fingerprint density at radius 2 is 1.68 bits per heavy atom. The summed E-state index contributed by atoms with van der Waals surface area (Å²) in [6.45, 7) is 1.27. The monoisotopic (exact) mass is 922 g/mol. The summed E-state index contributed by atoms with van der Waals surface area (Å²) < 4.78 is 22.1. The molecule has 13 nitrogen and oxygen atoms in total. The van der Waals surface area contributed by atoms with E-state index in [0.29, 0.717) is 65.5 Å². The molecule has 16 heteroatoms. The molecule has 65 heavy (non-hydrogen) atoms. The number of imide groups is 1. The highest BCUT2D eigenvalue weighted by molar-refractivity contribution is 6.31. The highest BCUT2D eigenvalue weighted by Crippen LogP contribution is 2.58. The van der Waals surface area contributed by atoms with E-state index >= 15 is 4.39 Å². The minimum atomic E-state index is -1.35. The van der Waals surface area contributed by atoms with E-state index < -0.39 is 47.1 Å². The first-order valence-electron chi connectivity index (χ1n) is 22.3. The predicted octanol–water partition coefficient (Wildman–Crippen LogP) is 6.81. The second-order valence-electron chi connectivity index (χ2n) is 17.5. The molecule has 1 spiro atoms. The van der Waals surface area contributed by atoms with Crippen molar-refractivity contribution < 1.29 is 37.9 Å². The first-order valence-corrected chi connectivity index (χ1v) is 23.0. The zero-order valence-corrected chi connectivity index (χ0v) is 37.0. The average Bonchev–Trinajstić information content (AvgIpc) is 3.93. The van der Waals surface area contributed by atoms with Crippen LogP contribution in [0.4, 0.5) is 15.8 Å². The molecular weight excluding hydrogens is 874 g/mol. The lowest BCUT2D eigenvalue weighted by atomic mass is 9.61. The fourth-order valence-electron chi connectivity index (χ4n) is 10.8. The molecule has 2 saturated heterocycles. The van der Waals surface area contributed by atoms with Gasteiger partial charge in [0.1, 0.15) is 17.3 Å². The van der Waals surface area contributed by atoms with Crippen molar-refractivity contribution in [2.75, 3.05) is 30.4 Å². The quantitative estimate of drug-likeness (QED) is 0.0719. The number of nitrogens with zero attached hydrogens (tertiary/aromatic N) is 1. The third-order valence-electron chi connectivity index (χ3n) is 13.8. The Hall–Kier alpha value is -5.67. The van der Waals surface area contributed by atoms with Gasteiger partial charge in [0.15, 0.2) is 0 Å². The van der Waals surface area contributed by atoms with Crippen LogP contribution < -0.4 is 26.6 Å². The number of carbonyl (C=O) groups excluding carboxylic acids is 6. The topological polar surface area (TPSA) is 175 Å². The average molecular weight is 924 g/mol. The molecule has 3 fully saturated rings. The number of rotatable bonds is 13. The van der Waals surface area contributed by atoms with Crippen LogP contribution in [0.1, 0.15) is 100 Å². The zero-order chi connectivity index (χ0) is 45.4. The van der Waals surface area contributed by atoms with Gasteiger partial charge >= 0.3 is 0 Å². The van der Waals surface area contributed by atoms with E-state index in [1.807, 2.05) is 18.2 Å². The summed E-state index contributed by atoms with van der Waals surface area (Å²) >= 11 is 12.8. The minimum Gasteiger partial charge on any atom is -0.380 e. The highest BCUT2D eigenvalue weighted by Gasteiger charge is 2.67. The zero-order valence-electron chi connectivity index (χ0n) is 35.5. The molecular formula is C49H49Cl2FN6O7. The maximum atomic E-state index is 16.3. The molecule has 1 saturated carbocycles. The SMILES string of the molecule is O=C1CCC(N2Cc3c(CCCOCCNC(=O)c4ccc(NC(=O)[C@@H]5NC(C6CCCCC6)[C@@]6(C(=O)Nc7cc(Cl)ccc76)[C@H]5c5cccc(Cl)c5F)cc4)cccc3C2=O)C(=O)N1. The van der Waals surface area contributed by atoms with Gasteiger partial charge in [-0.25, -0.2) is 4.39 Å². The number of fused-ring (bicyclic) bond motifs is 3. The van der Waals surface area contributed by atoms with Crippen molar-refractivity contribution in [1.29, 1.82) is 0 Å². The molecule has 6 amide bonds. The summed E-state index contributed by atoms with van der Waals surface area (Å²) in [6, 6.07) is 19.7. The Bertz CT molecular complexity index is 2570. The van der Waals surface area contributed by atoms with Gasteiger partial charge in [-0.05, 0) is 109 Å². The number of amides is 6. The molecule has 4 aromatic rings. The number of nitrogens with one attached hydrogen (secondary N) is 5. The molecule has 5 N–H and O–H groups in total. The van der Waals surface area contributed by atoms with E-state index in [1.165, 1.54) is 6.07 Å². The lowest BCUT2D eigenvalue weighted by molar-refractivity contribution is -0.137. The molecule has 5 atom stereocenters. The van der Waals surface area contributed by atoms with Gasteiger partial charge in [-0.2, -0.15) is 0 Å². The number of ether oxygens (including phenoxy) is 1. The van der Waals surface area contributed by atoms with Gasteiger partial charge < -0.3 is 30.9 Å². The Labute approximate surface area is 385 Å². The van der Waals surface area contributed by atoms with Crippen molar-refractivity contribution in [3.05, 3.63) is 128 Å². The van der Waals surface area contributed by atoms with Crippen LogP contribution in [-0.4, -0.2) is 78.2 Å². The third kappa shape index (κ3) is 8.41. The summed E-state index contributed by atoms with van der Waals surface area (Å²) in [5.74, 6) is -3.72. The van der Waals surface area contributed by atoms with Crippen molar-refractivity contribution in [2.45, 2.75) is 93.8 Å². The lowest BCUT2D eigenvalue weighted by Gasteiger charge is -2.40. The van der Waals surface area contributed by atoms with Crippen LogP contribution in [0, 0.1) is 11.7 Å². The molecule has 9 rings (SSSR count). The van der Waals surface area contributed by atoms with Gasteiger partial charge in [-0.3, -0.25) is 34.1 Å². The standard InChI is InChI=1S/C49H49Cl2FN6O7/c50-30-16-19-35-37(25-30)55-48(64)49(35)40(33-12-5-13-36(51)41(33)52)42(57-43(49)28-7-2-1-3-8-28)46(62)54-31-17-14-29(15-18-31)44(60)53-22-24-65-23-6-10-27-9-4-11-32-34(27)26-58(47(32)63)38-20-21-39(59)56-45(38)61/h4-5,9,11-19,25,28,38,40,42-43,57H,1-3,6-8,10,20-24,26H2,(H,53,60)(H,54,62)(H,55,64)(H,56,59,61)/t38?,40-,42+,43?,49-/m0/s1. The Kier molecular flexibility index (Phi) is 12.8. The van der Waals surface area contributed by atoms with Crippen molar-refractivity contribution in [2.24, 2.45) is 5.92 Å². The molecule has 4 aliphatic heterocycles. The van der Waals surface area contributed by atoms with E-state index in [2.05, 4.69) is 26.6 Å². The second-order valence-corrected chi connectivity index (χ2v) is 18.4. The predicted molar refractivity (Wildman–Crippen MR) is 242 cm³/mol. The minimum absolute atomic E-state index is 0.0340. The van der Waals surface area contributed by atoms with Crippen molar-refractivity contribution in [3.8, 4) is 0 Å². The number of carbonyl (C=O) groups is 6. The molecule has 0 radical (unpaired) electrons. The van der Waals surface area contributed by atoms with Crippen LogP contribution in [0.2, 0.25) is 10.0 Å². The van der Waals surface area contributed by atoms with Gasteiger partial charge in [-0.15, -0.1) is 0 Å². The highest BCUT2D eigenvalue weighted by atomic mass is 35.5. The van der Waals surface area contributed by atoms with E-state index in [0.717, 1.165) is 43.2 Å². The van der Waals surface area contributed by atoms with Gasteiger partial charge in [0.25, 0.3) is 11.8 Å². The largest absolute Gasteiger partial charge is 0.380 e. The van der Waals surface area contributed by atoms with Crippen LogP contribution in [0.5, 0.6) is 0 Å². The van der Waals surface area contributed by atoms with E-state index in [4.69, 9.17) is 27.9 Å². The maximum Gasteiger partial charge on any atom is 0.255 e. The van der Waals surface area contributed by atoms with Gasteiger partial charge in [0.05, 0.1) is 17.7 Å². The number of halogens is 3. The van der Waals surface area contributed by atoms with Crippen LogP contribution in [-0.2, 0) is 42.3 Å². The number of aryl methyl sites for hydroxylation is 1. The Morgan fingerprint density at radius 1 is 0.892 bits per heavy atom. The van der Waals surface area contributed by atoms with E-state index in [9.17, 15) is 28.8 Å². The van der Waals surface area contributed by atoms with E-state index in [-0.39, 0.29) is 59.7 Å². The summed E-state index contributed by atoms with van der Waals surface area (Å²) in [7, 11) is 0. The Balaban J connectivity index is 0.814. The first kappa shape index (κ1) is 44.5. The van der Waals surface area contributed by atoms with Crippen LogP contribution in [0.15, 0.2) is 78.9 Å². The molecule has 1 aliphatic carbocycles. The van der Waals surface area contributed by atoms with Crippen LogP contribution in [0.25, 0.3) is 0 Å². The smallest absolute Gasteiger partial charge is 0.255 e. The number of hydrogen-bond donors (Lipinski definition) is 5. The molecule has 4 aromatic carbocycles. The summed E-state index contributed by atoms with van der Waals surface area (Å²) in [6.07, 6.45) is 6.56. The lowest BCUT2D eigenvalue weighted by Crippen LogP contribution is -2.52. The Morgan fingerprint density at radius 3 is 2.46 bits per heavy atom. The summed E-state index contributed by atoms with van der Waals surface area (Å²) in [4.78, 5) is 81.0. The molecule has 2 unspecified atom stereocenters. The van der Waals surface area contributed by atoms with Crippen molar-refractivity contribution in [3.63, 3.8) is 0 Å².